The molecule has 0 aliphatic heterocycles. The van der Waals surface area contributed by atoms with Crippen molar-refractivity contribution in [3.63, 3.8) is 0 Å². The maximum absolute atomic E-state index is 13.5. The number of hydrogen-bond donors (Lipinski definition) is 0. The Morgan fingerprint density at radius 1 is 1.20 bits per heavy atom. The molecule has 1 heterocycles. The smallest absolute Gasteiger partial charge is 0.188 e. The van der Waals surface area contributed by atoms with Crippen LogP contribution in [0.1, 0.15) is 14.5 Å². The van der Waals surface area contributed by atoms with Gasteiger partial charge in [-0.05, 0) is 31.2 Å². The molecule has 1 aromatic heterocycles. The fourth-order valence-electron chi connectivity index (χ4n) is 1.63. The Kier molecular flexibility index (Phi) is 4.01. The molecule has 0 aliphatic rings. The number of carbonyl (C=O) groups excluding carboxylic acids is 1. The second kappa shape index (κ2) is 5.41. The Morgan fingerprint density at radius 2 is 1.90 bits per heavy atom. The highest BCUT2D eigenvalue weighted by atomic mass is 32.2. The van der Waals surface area contributed by atoms with Gasteiger partial charge in [0.25, 0.3) is 0 Å². The SMILES string of the molecule is Cc1ccc(C(=O)CS(=O)(=O)c2ccc(F)cc2F)s1. The number of hydrogen-bond acceptors (Lipinski definition) is 4. The van der Waals surface area contributed by atoms with E-state index in [1.54, 1.807) is 13.0 Å². The van der Waals surface area contributed by atoms with Crippen LogP contribution in [-0.2, 0) is 9.84 Å². The summed E-state index contributed by atoms with van der Waals surface area (Å²) < 4.78 is 50.2. The van der Waals surface area contributed by atoms with Crippen molar-refractivity contribution in [2.24, 2.45) is 0 Å². The van der Waals surface area contributed by atoms with E-state index in [2.05, 4.69) is 0 Å². The van der Waals surface area contributed by atoms with Gasteiger partial charge < -0.3 is 0 Å². The van der Waals surface area contributed by atoms with Crippen LogP contribution in [0.4, 0.5) is 8.78 Å². The molecule has 7 heteroatoms. The van der Waals surface area contributed by atoms with Crippen molar-refractivity contribution in [3.8, 4) is 0 Å². The highest BCUT2D eigenvalue weighted by Crippen LogP contribution is 2.21. The van der Waals surface area contributed by atoms with Crippen molar-refractivity contribution < 1.29 is 22.0 Å². The Balaban J connectivity index is 2.29. The van der Waals surface area contributed by atoms with Gasteiger partial charge in [0, 0.05) is 10.9 Å². The van der Waals surface area contributed by atoms with Crippen molar-refractivity contribution in [1.82, 2.24) is 0 Å². The van der Waals surface area contributed by atoms with Crippen LogP contribution in [0, 0.1) is 18.6 Å². The van der Waals surface area contributed by atoms with Crippen molar-refractivity contribution in [1.29, 1.82) is 0 Å². The molecule has 0 unspecified atom stereocenters. The highest BCUT2D eigenvalue weighted by Gasteiger charge is 2.24. The summed E-state index contributed by atoms with van der Waals surface area (Å²) in [6, 6.07) is 5.37. The first-order chi connectivity index (χ1) is 9.29. The average Bonchev–Trinajstić information content (AvgIpc) is 2.74. The molecule has 2 rings (SSSR count). The summed E-state index contributed by atoms with van der Waals surface area (Å²) in [5.74, 6) is -3.51. The summed E-state index contributed by atoms with van der Waals surface area (Å²) in [7, 11) is -4.13. The van der Waals surface area contributed by atoms with Gasteiger partial charge in [-0.2, -0.15) is 0 Å². The average molecular weight is 316 g/mol. The van der Waals surface area contributed by atoms with E-state index in [0.29, 0.717) is 10.9 Å². The van der Waals surface area contributed by atoms with Gasteiger partial charge in [0.05, 0.1) is 4.88 Å². The van der Waals surface area contributed by atoms with Crippen molar-refractivity contribution >= 4 is 27.0 Å². The van der Waals surface area contributed by atoms with Crippen LogP contribution in [0.5, 0.6) is 0 Å². The molecule has 0 saturated carbocycles. The molecular weight excluding hydrogens is 306 g/mol. The molecule has 0 aliphatic carbocycles. The van der Waals surface area contributed by atoms with Gasteiger partial charge in [-0.25, -0.2) is 17.2 Å². The lowest BCUT2D eigenvalue weighted by molar-refractivity contribution is 0.102. The number of carbonyl (C=O) groups is 1. The third-order valence-corrected chi connectivity index (χ3v) is 5.25. The van der Waals surface area contributed by atoms with E-state index in [9.17, 15) is 22.0 Å². The highest BCUT2D eigenvalue weighted by molar-refractivity contribution is 7.92. The number of ketones is 1. The second-order valence-electron chi connectivity index (χ2n) is 4.17. The van der Waals surface area contributed by atoms with Crippen LogP contribution in [0.15, 0.2) is 35.2 Å². The molecule has 0 atom stereocenters. The fourth-order valence-corrected chi connectivity index (χ4v) is 3.82. The molecule has 2 aromatic rings. The summed E-state index contributed by atoms with van der Waals surface area (Å²) in [4.78, 5) is 12.4. The van der Waals surface area contributed by atoms with Crippen molar-refractivity contribution in [3.05, 3.63) is 51.7 Å². The molecule has 1 aromatic carbocycles. The third-order valence-electron chi connectivity index (χ3n) is 2.57. The molecule has 0 radical (unpaired) electrons. The van der Waals surface area contributed by atoms with Crippen molar-refractivity contribution in [2.45, 2.75) is 11.8 Å². The minimum Gasteiger partial charge on any atom is -0.292 e. The monoisotopic (exact) mass is 316 g/mol. The maximum atomic E-state index is 13.5. The fraction of sp³-hybridized carbons (Fsp3) is 0.154. The Hall–Kier alpha value is -1.60. The number of rotatable bonds is 4. The van der Waals surface area contributed by atoms with Gasteiger partial charge in [-0.3, -0.25) is 4.79 Å². The van der Waals surface area contributed by atoms with Crippen LogP contribution in [0.2, 0.25) is 0 Å². The molecule has 0 amide bonds. The number of benzene rings is 1. The predicted octanol–water partition coefficient (Wildman–Crippen LogP) is 2.99. The zero-order chi connectivity index (χ0) is 14.9. The molecule has 0 spiro atoms. The summed E-state index contributed by atoms with van der Waals surface area (Å²) in [6.07, 6.45) is 0. The third kappa shape index (κ3) is 3.10. The second-order valence-corrected chi connectivity index (χ2v) is 7.41. The molecule has 106 valence electrons. The van der Waals surface area contributed by atoms with Crippen LogP contribution in [0.25, 0.3) is 0 Å². The predicted molar refractivity (Wildman–Crippen MR) is 71.8 cm³/mol. The zero-order valence-electron chi connectivity index (χ0n) is 10.4. The first-order valence-corrected chi connectivity index (χ1v) is 8.04. The van der Waals surface area contributed by atoms with E-state index in [1.165, 1.54) is 17.4 Å². The summed E-state index contributed by atoms with van der Waals surface area (Å²) in [5.41, 5.74) is 0. The van der Waals surface area contributed by atoms with Crippen LogP contribution in [-0.4, -0.2) is 20.0 Å². The maximum Gasteiger partial charge on any atom is 0.188 e. The normalized spacial score (nSPS) is 11.6. The van der Waals surface area contributed by atoms with Gasteiger partial charge in [-0.15, -0.1) is 11.3 Å². The number of sulfone groups is 1. The summed E-state index contributed by atoms with van der Waals surface area (Å²) in [6.45, 7) is 1.79. The van der Waals surface area contributed by atoms with Gasteiger partial charge in [-0.1, -0.05) is 0 Å². The molecule has 0 saturated heterocycles. The van der Waals surface area contributed by atoms with Gasteiger partial charge in [0.2, 0.25) is 0 Å². The largest absolute Gasteiger partial charge is 0.292 e. The summed E-state index contributed by atoms with van der Waals surface area (Å²) in [5, 5.41) is 0. The van der Waals surface area contributed by atoms with E-state index >= 15 is 0 Å². The van der Waals surface area contributed by atoms with E-state index in [1.807, 2.05) is 0 Å². The first-order valence-electron chi connectivity index (χ1n) is 5.57. The lowest BCUT2D eigenvalue weighted by Crippen LogP contribution is -2.16. The van der Waals surface area contributed by atoms with E-state index in [4.69, 9.17) is 0 Å². The van der Waals surface area contributed by atoms with Crippen molar-refractivity contribution in [2.75, 3.05) is 5.75 Å². The minimum atomic E-state index is -4.13. The van der Waals surface area contributed by atoms with Crippen LogP contribution < -0.4 is 0 Å². The quantitative estimate of drug-likeness (QED) is 0.643. The van der Waals surface area contributed by atoms with Gasteiger partial charge in [0.1, 0.15) is 22.3 Å². The summed E-state index contributed by atoms with van der Waals surface area (Å²) >= 11 is 1.17. The molecule has 0 bridgehead atoms. The van der Waals surface area contributed by atoms with E-state index < -0.39 is 37.9 Å². The van der Waals surface area contributed by atoms with E-state index in [0.717, 1.165) is 17.0 Å². The lowest BCUT2D eigenvalue weighted by Gasteiger charge is -2.04. The molecular formula is C13H10F2O3S2. The van der Waals surface area contributed by atoms with Gasteiger partial charge in [0.15, 0.2) is 15.6 Å². The number of Topliss-reactive ketones (excluding diaryl/α,β-unsaturated/α-hetero) is 1. The molecule has 20 heavy (non-hydrogen) atoms. The van der Waals surface area contributed by atoms with Crippen LogP contribution in [0.3, 0.4) is 0 Å². The van der Waals surface area contributed by atoms with Crippen LogP contribution >= 0.6 is 11.3 Å². The number of thiophene rings is 1. The standard InChI is InChI=1S/C13H10F2O3S2/c1-8-2-4-12(19-8)11(16)7-20(17,18)13-5-3-9(14)6-10(13)15/h2-6H,7H2,1H3. The molecule has 0 fully saturated rings. The zero-order valence-corrected chi connectivity index (χ0v) is 12.0. The Bertz CT molecular complexity index is 764. The molecule has 3 nitrogen and oxygen atoms in total. The lowest BCUT2D eigenvalue weighted by atomic mass is 10.3. The topological polar surface area (TPSA) is 51.2 Å². The molecule has 0 N–H and O–H groups in total. The first kappa shape index (κ1) is 14.8. The number of aryl methyl sites for hydroxylation is 1. The number of halogens is 2. The minimum absolute atomic E-state index is 0.300. The van der Waals surface area contributed by atoms with Gasteiger partial charge >= 0.3 is 0 Å². The Labute approximate surface area is 118 Å². The Morgan fingerprint density at radius 3 is 2.45 bits per heavy atom. The van der Waals surface area contributed by atoms with E-state index in [-0.39, 0.29) is 0 Å².